The number of anilines is 1. The molecule has 1 amide bonds. The standard InChI is InChI=1S/C22H27ClN2O5S/c1-3-29-20-12-9-18(14-21(20)30-4-2)24-22(26)16-6-5-13-25(15-16)31(27,28)19-10-7-17(23)8-11-19/h7-12,14,16H,3-6,13,15H2,1-2H3,(H,24,26). The molecular weight excluding hydrogens is 440 g/mol. The molecule has 1 aliphatic heterocycles. The number of sulfonamides is 1. The first-order valence-electron chi connectivity index (χ1n) is 10.3. The SMILES string of the molecule is CCOc1ccc(NC(=O)C2CCCN(S(=O)(=O)c3ccc(Cl)cc3)C2)cc1OCC. The van der Waals surface area contributed by atoms with Gasteiger partial charge in [0, 0.05) is 29.9 Å². The monoisotopic (exact) mass is 466 g/mol. The van der Waals surface area contributed by atoms with Gasteiger partial charge in [0.15, 0.2) is 11.5 Å². The molecule has 1 unspecified atom stereocenters. The van der Waals surface area contributed by atoms with E-state index in [1.165, 1.54) is 16.4 Å². The summed E-state index contributed by atoms with van der Waals surface area (Å²) in [4.78, 5) is 13.1. The van der Waals surface area contributed by atoms with Crippen molar-refractivity contribution in [3.8, 4) is 11.5 Å². The van der Waals surface area contributed by atoms with E-state index in [-0.39, 0.29) is 17.3 Å². The molecule has 1 atom stereocenters. The Morgan fingerprint density at radius 2 is 1.77 bits per heavy atom. The molecule has 31 heavy (non-hydrogen) atoms. The van der Waals surface area contributed by atoms with E-state index in [1.54, 1.807) is 30.3 Å². The van der Waals surface area contributed by atoms with Crippen molar-refractivity contribution in [3.05, 3.63) is 47.5 Å². The minimum atomic E-state index is -3.69. The first kappa shape index (κ1) is 23.4. The van der Waals surface area contributed by atoms with Crippen LogP contribution in [-0.4, -0.2) is 44.9 Å². The Kier molecular flexibility index (Phi) is 7.80. The van der Waals surface area contributed by atoms with Crippen molar-refractivity contribution in [2.75, 3.05) is 31.6 Å². The summed E-state index contributed by atoms with van der Waals surface area (Å²) >= 11 is 5.87. The molecule has 7 nitrogen and oxygen atoms in total. The number of amides is 1. The number of ether oxygens (including phenoxy) is 2. The Labute approximate surface area is 188 Å². The summed E-state index contributed by atoms with van der Waals surface area (Å²) in [5.41, 5.74) is 0.578. The predicted molar refractivity (Wildman–Crippen MR) is 120 cm³/mol. The maximum Gasteiger partial charge on any atom is 0.243 e. The van der Waals surface area contributed by atoms with Crippen molar-refractivity contribution >= 4 is 33.2 Å². The van der Waals surface area contributed by atoms with Crippen molar-refractivity contribution in [1.82, 2.24) is 4.31 Å². The van der Waals surface area contributed by atoms with Crippen LogP contribution in [0.15, 0.2) is 47.4 Å². The molecule has 2 aromatic rings. The van der Waals surface area contributed by atoms with Crippen LogP contribution in [0.5, 0.6) is 11.5 Å². The molecule has 0 aliphatic carbocycles. The summed E-state index contributed by atoms with van der Waals surface area (Å²) in [6.45, 7) is 5.25. The quantitative estimate of drug-likeness (QED) is 0.630. The van der Waals surface area contributed by atoms with Crippen LogP contribution in [0, 0.1) is 5.92 Å². The number of halogens is 1. The van der Waals surface area contributed by atoms with Gasteiger partial charge in [-0.1, -0.05) is 11.6 Å². The third-order valence-electron chi connectivity index (χ3n) is 5.02. The van der Waals surface area contributed by atoms with Gasteiger partial charge in [-0.3, -0.25) is 4.79 Å². The molecule has 2 aromatic carbocycles. The second-order valence-corrected chi connectivity index (χ2v) is 9.55. The fourth-order valence-corrected chi connectivity index (χ4v) is 5.15. The summed E-state index contributed by atoms with van der Waals surface area (Å²) in [5.74, 6) is 0.499. The molecule has 0 spiro atoms. The van der Waals surface area contributed by atoms with E-state index in [9.17, 15) is 13.2 Å². The van der Waals surface area contributed by atoms with E-state index < -0.39 is 15.9 Å². The van der Waals surface area contributed by atoms with Gasteiger partial charge in [-0.2, -0.15) is 4.31 Å². The number of rotatable bonds is 8. The summed E-state index contributed by atoms with van der Waals surface area (Å²) in [6, 6.07) is 11.3. The topological polar surface area (TPSA) is 84.9 Å². The molecule has 1 N–H and O–H groups in total. The Morgan fingerprint density at radius 1 is 1.10 bits per heavy atom. The molecule has 1 heterocycles. The number of benzene rings is 2. The van der Waals surface area contributed by atoms with Gasteiger partial charge in [-0.25, -0.2) is 8.42 Å². The van der Waals surface area contributed by atoms with E-state index in [4.69, 9.17) is 21.1 Å². The van der Waals surface area contributed by atoms with Crippen molar-refractivity contribution < 1.29 is 22.7 Å². The highest BCUT2D eigenvalue weighted by molar-refractivity contribution is 7.89. The normalized spacial score (nSPS) is 17.2. The number of nitrogens with zero attached hydrogens (tertiary/aromatic N) is 1. The summed E-state index contributed by atoms with van der Waals surface area (Å²) in [7, 11) is -3.69. The van der Waals surface area contributed by atoms with Gasteiger partial charge in [0.2, 0.25) is 15.9 Å². The zero-order chi connectivity index (χ0) is 22.4. The number of carbonyl (C=O) groups excluding carboxylic acids is 1. The minimum absolute atomic E-state index is 0.131. The third kappa shape index (κ3) is 5.70. The van der Waals surface area contributed by atoms with E-state index in [0.717, 1.165) is 0 Å². The summed E-state index contributed by atoms with van der Waals surface area (Å²) in [6.07, 6.45) is 1.23. The van der Waals surface area contributed by atoms with Crippen LogP contribution in [0.1, 0.15) is 26.7 Å². The van der Waals surface area contributed by atoms with Crippen LogP contribution in [0.3, 0.4) is 0 Å². The number of carbonyl (C=O) groups is 1. The van der Waals surface area contributed by atoms with Gasteiger partial charge in [-0.15, -0.1) is 0 Å². The zero-order valence-corrected chi connectivity index (χ0v) is 19.2. The second-order valence-electron chi connectivity index (χ2n) is 7.17. The number of hydrogen-bond donors (Lipinski definition) is 1. The highest BCUT2D eigenvalue weighted by Gasteiger charge is 2.33. The van der Waals surface area contributed by atoms with Crippen molar-refractivity contribution in [2.24, 2.45) is 5.92 Å². The molecule has 1 saturated heterocycles. The van der Waals surface area contributed by atoms with E-state index in [1.807, 2.05) is 13.8 Å². The lowest BCUT2D eigenvalue weighted by atomic mass is 9.98. The summed E-state index contributed by atoms with van der Waals surface area (Å²) in [5, 5.41) is 3.35. The van der Waals surface area contributed by atoms with Crippen molar-refractivity contribution in [2.45, 2.75) is 31.6 Å². The van der Waals surface area contributed by atoms with Crippen molar-refractivity contribution in [3.63, 3.8) is 0 Å². The van der Waals surface area contributed by atoms with Crippen LogP contribution < -0.4 is 14.8 Å². The van der Waals surface area contributed by atoms with Gasteiger partial charge < -0.3 is 14.8 Å². The molecule has 9 heteroatoms. The highest BCUT2D eigenvalue weighted by Crippen LogP contribution is 2.31. The Morgan fingerprint density at radius 3 is 2.45 bits per heavy atom. The average molecular weight is 467 g/mol. The van der Waals surface area contributed by atoms with Crippen LogP contribution >= 0.6 is 11.6 Å². The molecule has 168 valence electrons. The Hall–Kier alpha value is -2.29. The molecule has 1 fully saturated rings. The molecule has 0 radical (unpaired) electrons. The molecule has 0 bridgehead atoms. The average Bonchev–Trinajstić information content (AvgIpc) is 2.76. The lowest BCUT2D eigenvalue weighted by Crippen LogP contribution is -2.43. The first-order chi connectivity index (χ1) is 14.8. The maximum absolute atomic E-state index is 13.0. The lowest BCUT2D eigenvalue weighted by Gasteiger charge is -2.31. The first-order valence-corrected chi connectivity index (χ1v) is 12.1. The Bertz CT molecular complexity index is 1010. The third-order valence-corrected chi connectivity index (χ3v) is 7.15. The van der Waals surface area contributed by atoms with Gasteiger partial charge in [0.25, 0.3) is 0 Å². The molecule has 0 aromatic heterocycles. The number of piperidine rings is 1. The van der Waals surface area contributed by atoms with E-state index in [0.29, 0.717) is 54.8 Å². The number of hydrogen-bond acceptors (Lipinski definition) is 5. The van der Waals surface area contributed by atoms with Crippen LogP contribution in [0.2, 0.25) is 5.02 Å². The van der Waals surface area contributed by atoms with Gasteiger partial charge >= 0.3 is 0 Å². The van der Waals surface area contributed by atoms with Crippen LogP contribution in [0.4, 0.5) is 5.69 Å². The largest absolute Gasteiger partial charge is 0.490 e. The van der Waals surface area contributed by atoms with Crippen LogP contribution in [0.25, 0.3) is 0 Å². The van der Waals surface area contributed by atoms with Gasteiger partial charge in [0.1, 0.15) is 0 Å². The lowest BCUT2D eigenvalue weighted by molar-refractivity contribution is -0.120. The Balaban J connectivity index is 1.71. The van der Waals surface area contributed by atoms with Crippen LogP contribution in [-0.2, 0) is 14.8 Å². The van der Waals surface area contributed by atoms with E-state index >= 15 is 0 Å². The van der Waals surface area contributed by atoms with Gasteiger partial charge in [0.05, 0.1) is 24.0 Å². The highest BCUT2D eigenvalue weighted by atomic mass is 35.5. The molecule has 3 rings (SSSR count). The molecular formula is C22H27ClN2O5S. The van der Waals surface area contributed by atoms with E-state index in [2.05, 4.69) is 5.32 Å². The predicted octanol–water partition coefficient (Wildman–Crippen LogP) is 4.18. The maximum atomic E-state index is 13.0. The van der Waals surface area contributed by atoms with Gasteiger partial charge in [-0.05, 0) is 63.1 Å². The fourth-order valence-electron chi connectivity index (χ4n) is 3.50. The fraction of sp³-hybridized carbons (Fsp3) is 0.409. The summed E-state index contributed by atoms with van der Waals surface area (Å²) < 4.78 is 38.4. The minimum Gasteiger partial charge on any atom is -0.490 e. The number of nitrogens with one attached hydrogen (secondary N) is 1. The second kappa shape index (κ2) is 10.3. The smallest absolute Gasteiger partial charge is 0.243 e. The zero-order valence-electron chi connectivity index (χ0n) is 17.6. The molecule has 1 aliphatic rings. The van der Waals surface area contributed by atoms with Crippen molar-refractivity contribution in [1.29, 1.82) is 0 Å². The molecule has 0 saturated carbocycles.